The molecule has 8 heteroatoms. The number of hydrogen-bond donors (Lipinski definition) is 2. The quantitative estimate of drug-likeness (QED) is 0.806. The van der Waals surface area contributed by atoms with Crippen molar-refractivity contribution in [3.63, 3.8) is 0 Å². The molecule has 2 N–H and O–H groups in total. The molecular weight excluding hydrogens is 386 g/mol. The maximum Gasteiger partial charge on any atom is 0.262 e. The zero-order valence-electron chi connectivity index (χ0n) is 12.5. The first kappa shape index (κ1) is 17.9. The Bertz CT molecular complexity index is 784. The number of carbonyl (C=O) groups is 2. The van der Waals surface area contributed by atoms with Crippen molar-refractivity contribution in [3.8, 4) is 5.75 Å². The van der Waals surface area contributed by atoms with Crippen LogP contribution in [-0.2, 0) is 9.59 Å². The van der Waals surface area contributed by atoms with Crippen molar-refractivity contribution in [2.24, 2.45) is 0 Å². The maximum absolute atomic E-state index is 13.6. The first-order chi connectivity index (χ1) is 11.3. The smallest absolute Gasteiger partial charge is 0.262 e. The minimum Gasteiger partial charge on any atom is -0.481 e. The van der Waals surface area contributed by atoms with E-state index in [4.69, 9.17) is 4.74 Å². The molecule has 0 aliphatic carbocycles. The number of benzene rings is 2. The highest BCUT2D eigenvalue weighted by Crippen LogP contribution is 2.22. The lowest BCUT2D eigenvalue weighted by Gasteiger charge is -2.10. The first-order valence-corrected chi connectivity index (χ1v) is 7.59. The summed E-state index contributed by atoms with van der Waals surface area (Å²) >= 11 is 3.11. The average Bonchev–Trinajstić information content (AvgIpc) is 2.49. The molecule has 5 nitrogen and oxygen atoms in total. The monoisotopic (exact) mass is 398 g/mol. The van der Waals surface area contributed by atoms with Crippen LogP contribution in [0.3, 0.4) is 0 Å². The van der Waals surface area contributed by atoms with Crippen LogP contribution >= 0.6 is 15.9 Å². The minimum absolute atomic E-state index is 0.0554. The number of amides is 2. The zero-order chi connectivity index (χ0) is 17.7. The molecular formula is C16H13BrF2N2O3. The lowest BCUT2D eigenvalue weighted by atomic mass is 10.2. The van der Waals surface area contributed by atoms with E-state index >= 15 is 0 Å². The molecule has 0 aliphatic rings. The fourth-order valence-electron chi connectivity index (χ4n) is 1.82. The normalized spacial score (nSPS) is 10.2. The SMILES string of the molecule is CC(=O)Nc1cc(NC(=O)COc2ccc(Br)cc2F)ccc1F. The molecule has 2 aromatic rings. The Morgan fingerprint density at radius 3 is 2.50 bits per heavy atom. The van der Waals surface area contributed by atoms with Gasteiger partial charge in [-0.1, -0.05) is 15.9 Å². The van der Waals surface area contributed by atoms with Crippen LogP contribution in [-0.4, -0.2) is 18.4 Å². The van der Waals surface area contributed by atoms with Crippen LogP contribution in [0.25, 0.3) is 0 Å². The molecule has 0 heterocycles. The van der Waals surface area contributed by atoms with Crippen LogP contribution in [0.1, 0.15) is 6.92 Å². The Morgan fingerprint density at radius 2 is 1.83 bits per heavy atom. The molecule has 0 radical (unpaired) electrons. The maximum atomic E-state index is 13.6. The highest BCUT2D eigenvalue weighted by atomic mass is 79.9. The van der Waals surface area contributed by atoms with Crippen LogP contribution in [0, 0.1) is 11.6 Å². The van der Waals surface area contributed by atoms with Crippen LogP contribution in [0.5, 0.6) is 5.75 Å². The molecule has 0 fully saturated rings. The van der Waals surface area contributed by atoms with Crippen molar-refractivity contribution in [3.05, 3.63) is 52.5 Å². The second-order valence-electron chi connectivity index (χ2n) is 4.79. The zero-order valence-corrected chi connectivity index (χ0v) is 14.1. The summed E-state index contributed by atoms with van der Waals surface area (Å²) in [5, 5.41) is 4.78. The molecule has 0 unspecified atom stereocenters. The molecule has 0 atom stereocenters. The van der Waals surface area contributed by atoms with Gasteiger partial charge in [-0.2, -0.15) is 0 Å². The third-order valence-corrected chi connectivity index (χ3v) is 3.31. The van der Waals surface area contributed by atoms with Crippen LogP contribution < -0.4 is 15.4 Å². The lowest BCUT2D eigenvalue weighted by Crippen LogP contribution is -2.20. The van der Waals surface area contributed by atoms with Gasteiger partial charge in [0.15, 0.2) is 18.2 Å². The third kappa shape index (κ3) is 5.02. The fourth-order valence-corrected chi connectivity index (χ4v) is 2.15. The van der Waals surface area contributed by atoms with E-state index < -0.39 is 30.1 Å². The Morgan fingerprint density at radius 1 is 1.08 bits per heavy atom. The molecule has 2 rings (SSSR count). The molecule has 0 aromatic heterocycles. The van der Waals surface area contributed by atoms with Crippen LogP contribution in [0.15, 0.2) is 40.9 Å². The number of nitrogens with one attached hydrogen (secondary N) is 2. The summed E-state index contributed by atoms with van der Waals surface area (Å²) in [5.41, 5.74) is 0.213. The third-order valence-electron chi connectivity index (χ3n) is 2.81. The van der Waals surface area contributed by atoms with Gasteiger partial charge in [0.05, 0.1) is 5.69 Å². The minimum atomic E-state index is -0.628. The molecule has 0 aliphatic heterocycles. The largest absolute Gasteiger partial charge is 0.481 e. The molecule has 2 amide bonds. The van der Waals surface area contributed by atoms with E-state index in [0.29, 0.717) is 4.47 Å². The van der Waals surface area contributed by atoms with Gasteiger partial charge in [0, 0.05) is 17.1 Å². The van der Waals surface area contributed by atoms with Crippen LogP contribution in [0.4, 0.5) is 20.2 Å². The molecule has 126 valence electrons. The second-order valence-corrected chi connectivity index (χ2v) is 5.70. The van der Waals surface area contributed by atoms with Gasteiger partial charge in [0.2, 0.25) is 5.91 Å². The summed E-state index contributed by atoms with van der Waals surface area (Å²) < 4.78 is 32.7. The molecule has 0 saturated carbocycles. The molecule has 2 aromatic carbocycles. The standard InChI is InChI=1S/C16H13BrF2N2O3/c1-9(22)20-14-7-11(3-4-12(14)18)21-16(23)8-24-15-5-2-10(17)6-13(15)19/h2-7H,8H2,1H3,(H,20,22)(H,21,23). The van der Waals surface area contributed by atoms with Gasteiger partial charge < -0.3 is 15.4 Å². The highest BCUT2D eigenvalue weighted by Gasteiger charge is 2.10. The van der Waals surface area contributed by atoms with E-state index in [0.717, 1.165) is 6.07 Å². The summed E-state index contributed by atoms with van der Waals surface area (Å²) in [5.74, 6) is -2.29. The molecule has 0 bridgehead atoms. The molecule has 0 spiro atoms. The summed E-state index contributed by atoms with van der Waals surface area (Å²) in [6.45, 7) is 0.816. The number of ether oxygens (including phenoxy) is 1. The van der Waals surface area contributed by atoms with E-state index in [1.807, 2.05) is 0 Å². The number of carbonyl (C=O) groups excluding carboxylic acids is 2. The Kier molecular flexibility index (Phi) is 5.86. The first-order valence-electron chi connectivity index (χ1n) is 6.80. The van der Waals surface area contributed by atoms with Crippen molar-refractivity contribution in [2.75, 3.05) is 17.2 Å². The highest BCUT2D eigenvalue weighted by molar-refractivity contribution is 9.10. The topological polar surface area (TPSA) is 67.4 Å². The average molecular weight is 399 g/mol. The second kappa shape index (κ2) is 7.87. The number of hydrogen-bond acceptors (Lipinski definition) is 3. The Hall–Kier alpha value is -2.48. The number of anilines is 2. The van der Waals surface area contributed by atoms with E-state index in [9.17, 15) is 18.4 Å². The Labute approximate surface area is 145 Å². The van der Waals surface area contributed by atoms with Gasteiger partial charge in [0.1, 0.15) is 5.82 Å². The molecule has 24 heavy (non-hydrogen) atoms. The van der Waals surface area contributed by atoms with Crippen molar-refractivity contribution >= 4 is 39.1 Å². The van der Waals surface area contributed by atoms with Gasteiger partial charge in [-0.15, -0.1) is 0 Å². The van der Waals surface area contributed by atoms with Gasteiger partial charge in [-0.25, -0.2) is 8.78 Å². The van der Waals surface area contributed by atoms with Crippen molar-refractivity contribution in [1.29, 1.82) is 0 Å². The van der Waals surface area contributed by atoms with Gasteiger partial charge in [0.25, 0.3) is 5.91 Å². The van der Waals surface area contributed by atoms with E-state index in [2.05, 4.69) is 26.6 Å². The van der Waals surface area contributed by atoms with E-state index in [1.165, 1.54) is 31.2 Å². The lowest BCUT2D eigenvalue weighted by molar-refractivity contribution is -0.118. The van der Waals surface area contributed by atoms with E-state index in [1.54, 1.807) is 6.07 Å². The predicted molar refractivity (Wildman–Crippen MR) is 88.9 cm³/mol. The summed E-state index contributed by atoms with van der Waals surface area (Å²) in [4.78, 5) is 22.8. The summed E-state index contributed by atoms with van der Waals surface area (Å²) in [6.07, 6.45) is 0. The van der Waals surface area contributed by atoms with Gasteiger partial charge in [-0.05, 0) is 36.4 Å². The number of rotatable bonds is 5. The molecule has 0 saturated heterocycles. The van der Waals surface area contributed by atoms with E-state index in [-0.39, 0.29) is 17.1 Å². The fraction of sp³-hybridized carbons (Fsp3) is 0.125. The van der Waals surface area contributed by atoms with Crippen LogP contribution in [0.2, 0.25) is 0 Å². The summed E-state index contributed by atoms with van der Waals surface area (Å²) in [6, 6.07) is 7.89. The van der Waals surface area contributed by atoms with Gasteiger partial charge >= 0.3 is 0 Å². The number of halogens is 3. The van der Waals surface area contributed by atoms with Crippen molar-refractivity contribution in [2.45, 2.75) is 6.92 Å². The van der Waals surface area contributed by atoms with Crippen molar-refractivity contribution < 1.29 is 23.1 Å². The Balaban J connectivity index is 1.98. The summed E-state index contributed by atoms with van der Waals surface area (Å²) in [7, 11) is 0. The predicted octanol–water partition coefficient (Wildman–Crippen LogP) is 3.70. The van der Waals surface area contributed by atoms with Gasteiger partial charge in [-0.3, -0.25) is 9.59 Å². The van der Waals surface area contributed by atoms with Crippen molar-refractivity contribution in [1.82, 2.24) is 0 Å².